The first kappa shape index (κ1) is 24.4. The van der Waals surface area contributed by atoms with E-state index in [0.29, 0.717) is 4.68 Å². The molecule has 0 saturated heterocycles. The van der Waals surface area contributed by atoms with E-state index in [1.807, 2.05) is 0 Å². The maximum absolute atomic E-state index is 14.7. The zero-order valence-corrected chi connectivity index (χ0v) is 19.2. The molecule has 2 heterocycles. The lowest BCUT2D eigenvalue weighted by atomic mass is 9.80. The second-order valence-corrected chi connectivity index (χ2v) is 9.54. The zero-order chi connectivity index (χ0) is 24.8. The molecule has 0 bridgehead atoms. The minimum Gasteiger partial charge on any atom is -0.389 e. The van der Waals surface area contributed by atoms with Crippen LogP contribution in [0.1, 0.15) is 55.6 Å². The van der Waals surface area contributed by atoms with Crippen LogP contribution in [0, 0.1) is 11.7 Å². The largest absolute Gasteiger partial charge is 0.433 e. The Balaban J connectivity index is 1.92. The fourth-order valence-corrected chi connectivity index (χ4v) is 4.28. The second kappa shape index (κ2) is 8.81. The summed E-state index contributed by atoms with van der Waals surface area (Å²) in [6.07, 6.45) is -1.33. The van der Waals surface area contributed by atoms with Gasteiger partial charge in [-0.25, -0.2) is 4.39 Å². The topological polar surface area (TPSA) is 81.2 Å². The van der Waals surface area contributed by atoms with Crippen LogP contribution in [-0.2, 0) is 12.7 Å². The molecule has 4 rings (SSSR count). The number of aliphatic hydroxyl groups is 1. The first-order valence-corrected chi connectivity index (χ1v) is 11.1. The van der Waals surface area contributed by atoms with E-state index in [0.717, 1.165) is 31.5 Å². The highest BCUT2D eigenvalue weighted by Crippen LogP contribution is 2.43. The average molecular weight is 500 g/mol. The van der Waals surface area contributed by atoms with Gasteiger partial charge in [0.05, 0.1) is 40.1 Å². The van der Waals surface area contributed by atoms with Crippen LogP contribution in [0.2, 0.25) is 5.02 Å². The van der Waals surface area contributed by atoms with Crippen LogP contribution >= 0.6 is 11.6 Å². The summed E-state index contributed by atoms with van der Waals surface area (Å²) in [6, 6.07) is 3.86. The van der Waals surface area contributed by atoms with Crippen molar-refractivity contribution in [1.29, 1.82) is 0 Å². The standard InChI is InChI=1S/C23H22ClF4N3O3/c1-22(2,33)11-31-21(23(26,27)28)13(10-29-31)20-18(16(32)9-12-5-3-6-12)19(30-34-20)17-14(24)7-4-8-15(17)25/h4,7-8,10,12,33H,3,5-6,9,11H2,1-2H3. The first-order valence-electron chi connectivity index (χ1n) is 10.7. The Labute approximate surface area is 197 Å². The number of alkyl halides is 3. The predicted octanol–water partition coefficient (Wildman–Crippen LogP) is 6.16. The molecule has 1 N–H and O–H groups in total. The van der Waals surface area contributed by atoms with E-state index in [9.17, 15) is 27.5 Å². The maximum atomic E-state index is 14.7. The molecule has 34 heavy (non-hydrogen) atoms. The van der Waals surface area contributed by atoms with E-state index in [2.05, 4.69) is 10.3 Å². The summed E-state index contributed by atoms with van der Waals surface area (Å²) in [5.74, 6) is -1.69. The van der Waals surface area contributed by atoms with Crippen molar-refractivity contribution in [2.24, 2.45) is 5.92 Å². The van der Waals surface area contributed by atoms with Crippen LogP contribution in [0.25, 0.3) is 22.6 Å². The highest BCUT2D eigenvalue weighted by Gasteiger charge is 2.42. The first-order chi connectivity index (χ1) is 15.9. The molecular formula is C23H22ClF4N3O3. The molecule has 0 unspecified atom stereocenters. The fourth-order valence-electron chi connectivity index (χ4n) is 4.03. The van der Waals surface area contributed by atoms with Gasteiger partial charge in [0.2, 0.25) is 0 Å². The van der Waals surface area contributed by atoms with Crippen molar-refractivity contribution < 1.29 is 32.0 Å². The molecule has 0 spiro atoms. The Morgan fingerprint density at radius 2 is 2.00 bits per heavy atom. The third kappa shape index (κ3) is 4.74. The lowest BCUT2D eigenvalue weighted by Crippen LogP contribution is -2.29. The van der Waals surface area contributed by atoms with Crippen molar-refractivity contribution in [2.45, 2.75) is 57.9 Å². The van der Waals surface area contributed by atoms with Gasteiger partial charge in [-0.2, -0.15) is 18.3 Å². The van der Waals surface area contributed by atoms with Gasteiger partial charge in [0.15, 0.2) is 17.2 Å². The van der Waals surface area contributed by atoms with E-state index in [-0.39, 0.29) is 34.2 Å². The molecule has 6 nitrogen and oxygen atoms in total. The molecule has 1 aliphatic carbocycles. The van der Waals surface area contributed by atoms with Crippen molar-refractivity contribution in [3.63, 3.8) is 0 Å². The van der Waals surface area contributed by atoms with E-state index >= 15 is 0 Å². The molecule has 2 aromatic heterocycles. The number of hydrogen-bond acceptors (Lipinski definition) is 5. The lowest BCUT2D eigenvalue weighted by Gasteiger charge is -2.24. The number of rotatable bonds is 7. The molecule has 0 radical (unpaired) electrons. The Morgan fingerprint density at radius 1 is 1.29 bits per heavy atom. The molecule has 0 amide bonds. The minimum absolute atomic E-state index is 0.0619. The minimum atomic E-state index is -4.89. The molecule has 1 fully saturated rings. The highest BCUT2D eigenvalue weighted by atomic mass is 35.5. The number of aromatic nitrogens is 3. The van der Waals surface area contributed by atoms with Crippen molar-refractivity contribution in [1.82, 2.24) is 14.9 Å². The monoisotopic (exact) mass is 499 g/mol. The third-order valence-electron chi connectivity index (χ3n) is 5.76. The molecule has 0 atom stereocenters. The smallest absolute Gasteiger partial charge is 0.389 e. The van der Waals surface area contributed by atoms with Crippen LogP contribution in [0.4, 0.5) is 17.6 Å². The van der Waals surface area contributed by atoms with Gasteiger partial charge in [0, 0.05) is 6.42 Å². The lowest BCUT2D eigenvalue weighted by molar-refractivity contribution is -0.144. The van der Waals surface area contributed by atoms with Crippen LogP contribution < -0.4 is 0 Å². The van der Waals surface area contributed by atoms with E-state index < -0.39 is 46.9 Å². The van der Waals surface area contributed by atoms with Crippen LogP contribution in [0.5, 0.6) is 0 Å². The predicted molar refractivity (Wildman–Crippen MR) is 116 cm³/mol. The number of carbonyl (C=O) groups excluding carboxylic acids is 1. The Morgan fingerprint density at radius 3 is 2.56 bits per heavy atom. The zero-order valence-electron chi connectivity index (χ0n) is 18.4. The number of ketones is 1. The Bertz CT molecular complexity index is 1200. The average Bonchev–Trinajstić information content (AvgIpc) is 3.27. The maximum Gasteiger partial charge on any atom is 0.433 e. The van der Waals surface area contributed by atoms with E-state index in [4.69, 9.17) is 16.1 Å². The van der Waals surface area contributed by atoms with Crippen LogP contribution in [0.3, 0.4) is 0 Å². The summed E-state index contributed by atoms with van der Waals surface area (Å²) in [7, 11) is 0. The van der Waals surface area contributed by atoms with Gasteiger partial charge in [-0.1, -0.05) is 42.1 Å². The summed E-state index contributed by atoms with van der Waals surface area (Å²) in [4.78, 5) is 13.3. The molecule has 1 aromatic carbocycles. The fraction of sp³-hybridized carbons (Fsp3) is 0.435. The summed E-state index contributed by atoms with van der Waals surface area (Å²) in [5, 5.41) is 17.6. The number of carbonyl (C=O) groups is 1. The van der Waals surface area contributed by atoms with E-state index in [1.165, 1.54) is 26.0 Å². The highest BCUT2D eigenvalue weighted by molar-refractivity contribution is 6.33. The number of nitrogens with zero attached hydrogens (tertiary/aromatic N) is 3. The molecule has 3 aromatic rings. The molecular weight excluding hydrogens is 478 g/mol. The molecule has 0 aliphatic heterocycles. The second-order valence-electron chi connectivity index (χ2n) is 9.13. The normalized spacial score (nSPS) is 14.9. The quantitative estimate of drug-likeness (QED) is 0.311. The number of Topliss-reactive ketones (excluding diaryl/α,β-unsaturated/α-hetero) is 1. The number of benzene rings is 1. The molecule has 1 saturated carbocycles. The van der Waals surface area contributed by atoms with E-state index in [1.54, 1.807) is 0 Å². The van der Waals surface area contributed by atoms with Gasteiger partial charge >= 0.3 is 6.18 Å². The van der Waals surface area contributed by atoms with Crippen molar-refractivity contribution >= 4 is 17.4 Å². The van der Waals surface area contributed by atoms with Gasteiger partial charge in [-0.3, -0.25) is 9.48 Å². The van der Waals surface area contributed by atoms with Crippen molar-refractivity contribution in [2.75, 3.05) is 0 Å². The summed E-state index contributed by atoms with van der Waals surface area (Å²) < 4.78 is 62.9. The summed E-state index contributed by atoms with van der Waals surface area (Å²) >= 11 is 6.16. The van der Waals surface area contributed by atoms with Gasteiger partial charge in [0.25, 0.3) is 0 Å². The number of halogens is 5. The van der Waals surface area contributed by atoms with Gasteiger partial charge in [-0.05, 0) is 31.9 Å². The van der Waals surface area contributed by atoms with Crippen LogP contribution in [0.15, 0.2) is 28.9 Å². The molecule has 182 valence electrons. The van der Waals surface area contributed by atoms with Gasteiger partial charge in [0.1, 0.15) is 11.5 Å². The summed E-state index contributed by atoms with van der Waals surface area (Å²) in [5.41, 5.74) is -4.00. The third-order valence-corrected chi connectivity index (χ3v) is 6.07. The number of hydrogen-bond donors (Lipinski definition) is 1. The van der Waals surface area contributed by atoms with Gasteiger partial charge in [-0.15, -0.1) is 0 Å². The molecule has 11 heteroatoms. The Kier molecular flexibility index (Phi) is 6.32. The van der Waals surface area contributed by atoms with Gasteiger partial charge < -0.3 is 9.63 Å². The molecule has 1 aliphatic rings. The van der Waals surface area contributed by atoms with Crippen LogP contribution in [-0.4, -0.2) is 31.4 Å². The van der Waals surface area contributed by atoms with Crippen molar-refractivity contribution in [3.8, 4) is 22.6 Å². The summed E-state index contributed by atoms with van der Waals surface area (Å²) in [6.45, 7) is 2.22. The Hall–Kier alpha value is -2.72. The van der Waals surface area contributed by atoms with Crippen molar-refractivity contribution in [3.05, 3.63) is 46.5 Å². The SMILES string of the molecule is CC(C)(O)Cn1ncc(-c2onc(-c3c(F)cccc3Cl)c2C(=O)CC2CCC2)c1C(F)(F)F.